The largest absolute Gasteiger partial charge is 0.364 e. The molecule has 4 heterocycles. The molecule has 2 fully saturated rings. The number of rotatable bonds is 4. The van der Waals surface area contributed by atoms with Crippen LogP contribution in [-0.4, -0.2) is 32.4 Å². The summed E-state index contributed by atoms with van der Waals surface area (Å²) in [6.45, 7) is 0.982. The highest BCUT2D eigenvalue weighted by Crippen LogP contribution is 2.42. The Balaban J connectivity index is 1.38. The second-order valence-corrected chi connectivity index (χ2v) is 8.44. The Morgan fingerprint density at radius 3 is 2.43 bits per heavy atom. The number of carbonyl (C=O) groups is 1. The first-order chi connectivity index (χ1) is 13.6. The van der Waals surface area contributed by atoms with Crippen molar-refractivity contribution >= 4 is 28.5 Å². The average molecular weight is 395 g/mol. The smallest absolute Gasteiger partial charge is 0.267 e. The Bertz CT molecular complexity index is 1010. The number of fused-ring (bicyclic) bond motifs is 3. The van der Waals surface area contributed by atoms with Crippen molar-refractivity contribution in [3.05, 3.63) is 64.9 Å². The molecule has 6 heteroatoms. The number of hydrogen-bond donors (Lipinski definition) is 1. The van der Waals surface area contributed by atoms with Crippen LogP contribution >= 0.6 is 11.6 Å². The van der Waals surface area contributed by atoms with Crippen molar-refractivity contribution in [2.75, 3.05) is 0 Å². The zero-order chi connectivity index (χ0) is 19.3. The number of primary amides is 1. The molecular weight excluding hydrogens is 372 g/mol. The average Bonchev–Trinajstić information content (AvgIpc) is 3.20. The molecule has 2 N–H and O–H groups in total. The zero-order valence-electron chi connectivity index (χ0n) is 15.6. The Hall–Kier alpha value is -2.37. The molecule has 0 radical (unpaired) electrons. The van der Waals surface area contributed by atoms with Gasteiger partial charge in [0.2, 0.25) is 0 Å². The maximum atomic E-state index is 11.5. The molecule has 1 amide bonds. The normalized spacial score (nSPS) is 24.7. The number of pyridine rings is 1. The monoisotopic (exact) mass is 394 g/mol. The number of amides is 1. The van der Waals surface area contributed by atoms with E-state index in [4.69, 9.17) is 17.3 Å². The standard InChI is InChI=1S/C22H23ClN4O/c23-16-4-1-14(2-5-16)13-27-17-6-7-18(27)12-19(11-17)26-10-9-15-3-8-20(21(24)28)25-22(15)26/h1-5,8-10,17-19H,6-7,11-13H2,(H2,24,28). The van der Waals surface area contributed by atoms with Crippen LogP contribution in [0, 0.1) is 0 Å². The van der Waals surface area contributed by atoms with Crippen LogP contribution in [0.4, 0.5) is 0 Å². The summed E-state index contributed by atoms with van der Waals surface area (Å²) < 4.78 is 2.26. The third kappa shape index (κ3) is 3.09. The molecule has 3 aromatic rings. The molecule has 5 rings (SSSR count). The molecule has 2 aliphatic rings. The van der Waals surface area contributed by atoms with Gasteiger partial charge in [0.05, 0.1) is 0 Å². The Morgan fingerprint density at radius 2 is 1.75 bits per heavy atom. The molecule has 2 bridgehead atoms. The molecular formula is C22H23ClN4O. The van der Waals surface area contributed by atoms with Crippen molar-refractivity contribution in [3.63, 3.8) is 0 Å². The molecule has 2 aromatic heterocycles. The number of benzene rings is 1. The van der Waals surface area contributed by atoms with Crippen LogP contribution in [0.25, 0.3) is 11.0 Å². The summed E-state index contributed by atoms with van der Waals surface area (Å²) in [5.41, 5.74) is 7.95. The molecule has 2 saturated heterocycles. The van der Waals surface area contributed by atoms with E-state index in [1.54, 1.807) is 6.07 Å². The fourth-order valence-electron chi connectivity index (χ4n) is 4.99. The topological polar surface area (TPSA) is 64.2 Å². The highest BCUT2D eigenvalue weighted by molar-refractivity contribution is 6.30. The van der Waals surface area contributed by atoms with Gasteiger partial charge in [-0.05, 0) is 61.6 Å². The van der Waals surface area contributed by atoms with Crippen molar-refractivity contribution < 1.29 is 4.79 Å². The molecule has 0 saturated carbocycles. The van der Waals surface area contributed by atoms with E-state index in [1.165, 1.54) is 18.4 Å². The quantitative estimate of drug-likeness (QED) is 0.722. The summed E-state index contributed by atoms with van der Waals surface area (Å²) in [4.78, 5) is 18.7. The lowest BCUT2D eigenvalue weighted by atomic mass is 9.96. The van der Waals surface area contributed by atoms with Crippen LogP contribution in [0.3, 0.4) is 0 Å². The summed E-state index contributed by atoms with van der Waals surface area (Å²) in [6.07, 6.45) is 6.82. The van der Waals surface area contributed by atoms with Crippen molar-refractivity contribution in [2.45, 2.75) is 50.4 Å². The van der Waals surface area contributed by atoms with Gasteiger partial charge in [-0.3, -0.25) is 9.69 Å². The predicted molar refractivity (Wildman–Crippen MR) is 110 cm³/mol. The third-order valence-electron chi connectivity index (χ3n) is 6.35. The third-order valence-corrected chi connectivity index (χ3v) is 6.60. The first-order valence-electron chi connectivity index (χ1n) is 9.86. The molecule has 5 nitrogen and oxygen atoms in total. The van der Waals surface area contributed by atoms with Gasteiger partial charge < -0.3 is 10.3 Å². The van der Waals surface area contributed by atoms with Gasteiger partial charge >= 0.3 is 0 Å². The van der Waals surface area contributed by atoms with Gasteiger partial charge in [-0.2, -0.15) is 0 Å². The lowest BCUT2D eigenvalue weighted by Gasteiger charge is -2.39. The molecule has 28 heavy (non-hydrogen) atoms. The SMILES string of the molecule is NC(=O)c1ccc2ccn(C3CC4CCC(C3)N4Cc3ccc(Cl)cc3)c2n1. The predicted octanol–water partition coefficient (Wildman–Crippen LogP) is 4.16. The van der Waals surface area contributed by atoms with Gasteiger partial charge in [0.25, 0.3) is 5.91 Å². The van der Waals surface area contributed by atoms with Crippen molar-refractivity contribution in [3.8, 4) is 0 Å². The fourth-order valence-corrected chi connectivity index (χ4v) is 5.12. The molecule has 0 aliphatic carbocycles. The first kappa shape index (κ1) is 17.7. The first-order valence-corrected chi connectivity index (χ1v) is 10.2. The minimum absolute atomic E-state index is 0.329. The molecule has 2 unspecified atom stereocenters. The Labute approximate surface area is 169 Å². The van der Waals surface area contributed by atoms with Gasteiger partial charge in [0.1, 0.15) is 11.3 Å². The zero-order valence-corrected chi connectivity index (χ0v) is 16.3. The van der Waals surface area contributed by atoms with Crippen LogP contribution < -0.4 is 5.73 Å². The van der Waals surface area contributed by atoms with Crippen LogP contribution in [0.5, 0.6) is 0 Å². The van der Waals surface area contributed by atoms with E-state index in [9.17, 15) is 4.79 Å². The maximum absolute atomic E-state index is 11.5. The number of nitrogens with zero attached hydrogens (tertiary/aromatic N) is 3. The van der Waals surface area contributed by atoms with Crippen molar-refractivity contribution in [2.24, 2.45) is 5.73 Å². The number of hydrogen-bond acceptors (Lipinski definition) is 3. The van der Waals surface area contributed by atoms with E-state index >= 15 is 0 Å². The van der Waals surface area contributed by atoms with Gasteiger partial charge in [0, 0.05) is 41.3 Å². The van der Waals surface area contributed by atoms with E-state index in [1.807, 2.05) is 18.2 Å². The second-order valence-electron chi connectivity index (χ2n) is 8.01. The van der Waals surface area contributed by atoms with Gasteiger partial charge in [-0.25, -0.2) is 4.98 Å². The molecule has 144 valence electrons. The number of nitrogens with two attached hydrogens (primary N) is 1. The van der Waals surface area contributed by atoms with Gasteiger partial charge in [0.15, 0.2) is 0 Å². The summed E-state index contributed by atoms with van der Waals surface area (Å²) >= 11 is 6.03. The minimum Gasteiger partial charge on any atom is -0.364 e. The number of piperidine rings is 1. The molecule has 2 aliphatic heterocycles. The van der Waals surface area contributed by atoms with E-state index in [0.717, 1.165) is 35.4 Å². The molecule has 1 aromatic carbocycles. The Kier molecular flexibility index (Phi) is 4.37. The second kappa shape index (κ2) is 6.90. The van der Waals surface area contributed by atoms with E-state index in [0.29, 0.717) is 23.8 Å². The number of carbonyl (C=O) groups excluding carboxylic acids is 1. The van der Waals surface area contributed by atoms with Crippen molar-refractivity contribution in [1.29, 1.82) is 0 Å². The molecule has 2 atom stereocenters. The van der Waals surface area contributed by atoms with E-state index in [-0.39, 0.29) is 0 Å². The summed E-state index contributed by atoms with van der Waals surface area (Å²) in [5, 5.41) is 1.84. The summed E-state index contributed by atoms with van der Waals surface area (Å²) in [5.74, 6) is -0.479. The van der Waals surface area contributed by atoms with E-state index in [2.05, 4.69) is 38.8 Å². The van der Waals surface area contributed by atoms with E-state index < -0.39 is 5.91 Å². The van der Waals surface area contributed by atoms with Crippen LogP contribution in [0.2, 0.25) is 5.02 Å². The highest BCUT2D eigenvalue weighted by Gasteiger charge is 2.41. The van der Waals surface area contributed by atoms with Crippen molar-refractivity contribution in [1.82, 2.24) is 14.5 Å². The van der Waals surface area contributed by atoms with Crippen LogP contribution in [0.15, 0.2) is 48.7 Å². The Morgan fingerprint density at radius 1 is 1.04 bits per heavy atom. The fraction of sp³-hybridized carbons (Fsp3) is 0.364. The highest BCUT2D eigenvalue weighted by atomic mass is 35.5. The summed E-state index contributed by atoms with van der Waals surface area (Å²) in [7, 11) is 0. The lowest BCUT2D eigenvalue weighted by molar-refractivity contribution is 0.0990. The molecule has 0 spiro atoms. The van der Waals surface area contributed by atoms with Gasteiger partial charge in [-0.1, -0.05) is 23.7 Å². The van der Waals surface area contributed by atoms with Crippen LogP contribution in [-0.2, 0) is 6.54 Å². The maximum Gasteiger partial charge on any atom is 0.267 e. The van der Waals surface area contributed by atoms with Gasteiger partial charge in [-0.15, -0.1) is 0 Å². The number of aromatic nitrogens is 2. The van der Waals surface area contributed by atoms with Crippen LogP contribution in [0.1, 0.15) is 47.8 Å². The number of halogens is 1. The lowest BCUT2D eigenvalue weighted by Crippen LogP contribution is -2.42. The minimum atomic E-state index is -0.479. The summed E-state index contributed by atoms with van der Waals surface area (Å²) in [6, 6.07) is 15.5.